The molecular formula is C17H19FN6O2. The number of H-pyrrole nitrogens is 1. The number of nitrogens with one attached hydrogen (secondary N) is 1. The monoisotopic (exact) mass is 358 g/mol. The van der Waals surface area contributed by atoms with Gasteiger partial charge in [0.2, 0.25) is 11.7 Å². The largest absolute Gasteiger partial charge is 0.379 e. The van der Waals surface area contributed by atoms with E-state index in [1.54, 1.807) is 32.4 Å². The number of aromatic nitrogens is 5. The van der Waals surface area contributed by atoms with Crippen LogP contribution in [-0.2, 0) is 11.3 Å². The van der Waals surface area contributed by atoms with Gasteiger partial charge in [0.25, 0.3) is 0 Å². The maximum Gasteiger partial charge on any atom is 0.241 e. The lowest BCUT2D eigenvalue weighted by Crippen LogP contribution is -2.22. The molecule has 1 fully saturated rings. The van der Waals surface area contributed by atoms with Crippen molar-refractivity contribution in [3.63, 3.8) is 0 Å². The lowest BCUT2D eigenvalue weighted by atomic mass is 10.0. The number of aromatic amines is 1. The van der Waals surface area contributed by atoms with Crippen LogP contribution in [0.15, 0.2) is 28.9 Å². The maximum absolute atomic E-state index is 13.4. The Morgan fingerprint density at radius 3 is 3.00 bits per heavy atom. The zero-order chi connectivity index (χ0) is 18.1. The summed E-state index contributed by atoms with van der Waals surface area (Å²) in [6.45, 7) is 3.72. The SMILES string of the molecule is CO[C@@H]1CN(Cc2nc(-c3ccc(F)c(C)c3)no2)C[C@H]1c1cn[nH]n1. The molecule has 4 rings (SSSR count). The zero-order valence-corrected chi connectivity index (χ0v) is 14.5. The van der Waals surface area contributed by atoms with Crippen molar-refractivity contribution < 1.29 is 13.7 Å². The van der Waals surface area contributed by atoms with Crippen LogP contribution in [0.2, 0.25) is 0 Å². The zero-order valence-electron chi connectivity index (χ0n) is 14.5. The average Bonchev–Trinajstić information content (AvgIpc) is 3.37. The van der Waals surface area contributed by atoms with Gasteiger partial charge in [0.15, 0.2) is 0 Å². The standard InChI is InChI=1S/C17H19FN6O2/c1-10-5-11(3-4-13(10)18)17-20-16(26-22-17)9-24-7-12(15(8-24)25-2)14-6-19-23-21-14/h3-6,12,15H,7-9H2,1-2H3,(H,19,21,23)/t12-,15+/m0/s1. The van der Waals surface area contributed by atoms with Crippen LogP contribution < -0.4 is 0 Å². The van der Waals surface area contributed by atoms with E-state index >= 15 is 0 Å². The number of likely N-dealkylation sites (tertiary alicyclic amines) is 1. The van der Waals surface area contributed by atoms with Crippen molar-refractivity contribution in [2.75, 3.05) is 20.2 Å². The van der Waals surface area contributed by atoms with Crippen molar-refractivity contribution in [2.24, 2.45) is 0 Å². The summed E-state index contributed by atoms with van der Waals surface area (Å²) in [5, 5.41) is 14.7. The van der Waals surface area contributed by atoms with Gasteiger partial charge in [-0.2, -0.15) is 20.4 Å². The van der Waals surface area contributed by atoms with Gasteiger partial charge < -0.3 is 9.26 Å². The third-order valence-corrected chi connectivity index (χ3v) is 4.70. The predicted octanol–water partition coefficient (Wildman–Crippen LogP) is 1.92. The molecule has 9 heteroatoms. The highest BCUT2D eigenvalue weighted by Gasteiger charge is 2.36. The number of hydrogen-bond donors (Lipinski definition) is 1. The van der Waals surface area contributed by atoms with Crippen molar-refractivity contribution in [2.45, 2.75) is 25.5 Å². The lowest BCUT2D eigenvalue weighted by Gasteiger charge is -2.13. The number of halogens is 1. The smallest absolute Gasteiger partial charge is 0.241 e. The molecule has 1 aromatic carbocycles. The quantitative estimate of drug-likeness (QED) is 0.745. The van der Waals surface area contributed by atoms with Gasteiger partial charge in [0.1, 0.15) is 5.82 Å². The van der Waals surface area contributed by atoms with Crippen LogP contribution in [0.25, 0.3) is 11.4 Å². The van der Waals surface area contributed by atoms with Crippen molar-refractivity contribution >= 4 is 0 Å². The molecule has 1 aliphatic rings. The molecule has 2 aromatic heterocycles. The van der Waals surface area contributed by atoms with Crippen molar-refractivity contribution in [1.29, 1.82) is 0 Å². The van der Waals surface area contributed by atoms with Gasteiger partial charge >= 0.3 is 0 Å². The number of aryl methyl sites for hydroxylation is 1. The van der Waals surface area contributed by atoms with E-state index in [-0.39, 0.29) is 17.8 Å². The molecule has 1 saturated heterocycles. The number of rotatable bonds is 5. The summed E-state index contributed by atoms with van der Waals surface area (Å²) in [6.07, 6.45) is 1.75. The Hall–Kier alpha value is -2.65. The lowest BCUT2D eigenvalue weighted by molar-refractivity contribution is 0.0946. The van der Waals surface area contributed by atoms with E-state index in [1.807, 2.05) is 0 Å². The molecule has 0 aliphatic carbocycles. The second-order valence-electron chi connectivity index (χ2n) is 6.45. The minimum Gasteiger partial charge on any atom is -0.379 e. The van der Waals surface area contributed by atoms with E-state index < -0.39 is 0 Å². The molecule has 2 atom stereocenters. The van der Waals surface area contributed by atoms with Crippen LogP contribution in [0, 0.1) is 12.7 Å². The predicted molar refractivity (Wildman–Crippen MR) is 89.6 cm³/mol. The highest BCUT2D eigenvalue weighted by atomic mass is 19.1. The first kappa shape index (κ1) is 16.8. The topological polar surface area (TPSA) is 93.0 Å². The number of benzene rings is 1. The second kappa shape index (κ2) is 6.93. The van der Waals surface area contributed by atoms with Crippen molar-refractivity contribution in [1.82, 2.24) is 30.5 Å². The van der Waals surface area contributed by atoms with Crippen LogP contribution in [0.3, 0.4) is 0 Å². The van der Waals surface area contributed by atoms with Crippen LogP contribution in [0.5, 0.6) is 0 Å². The molecule has 0 radical (unpaired) electrons. The third kappa shape index (κ3) is 3.23. The minimum atomic E-state index is -0.251. The fourth-order valence-corrected chi connectivity index (χ4v) is 3.30. The molecule has 1 N–H and O–H groups in total. The number of hydrogen-bond acceptors (Lipinski definition) is 7. The Morgan fingerprint density at radius 2 is 2.27 bits per heavy atom. The summed E-state index contributed by atoms with van der Waals surface area (Å²) >= 11 is 0. The van der Waals surface area contributed by atoms with Crippen LogP contribution in [0.4, 0.5) is 4.39 Å². The Labute approximate surface area is 149 Å². The molecule has 3 aromatic rings. The molecule has 8 nitrogen and oxygen atoms in total. The van der Waals surface area contributed by atoms with E-state index in [0.717, 1.165) is 24.3 Å². The summed E-state index contributed by atoms with van der Waals surface area (Å²) in [5.41, 5.74) is 2.16. The average molecular weight is 358 g/mol. The third-order valence-electron chi connectivity index (χ3n) is 4.70. The minimum absolute atomic E-state index is 0.0299. The molecule has 1 aliphatic heterocycles. The molecule has 0 amide bonds. The van der Waals surface area contributed by atoms with Gasteiger partial charge in [-0.3, -0.25) is 4.90 Å². The van der Waals surface area contributed by atoms with Crippen LogP contribution >= 0.6 is 0 Å². The van der Waals surface area contributed by atoms with Gasteiger partial charge in [-0.15, -0.1) is 0 Å². The fraction of sp³-hybridized carbons (Fsp3) is 0.412. The summed E-state index contributed by atoms with van der Waals surface area (Å²) < 4.78 is 24.4. The molecule has 0 spiro atoms. The molecule has 0 unspecified atom stereocenters. The van der Waals surface area contributed by atoms with E-state index in [9.17, 15) is 4.39 Å². The Kier molecular flexibility index (Phi) is 4.48. The normalized spacial score (nSPS) is 20.7. The van der Waals surface area contributed by atoms with Gasteiger partial charge in [-0.1, -0.05) is 5.16 Å². The second-order valence-corrected chi connectivity index (χ2v) is 6.45. The first-order valence-electron chi connectivity index (χ1n) is 8.34. The Morgan fingerprint density at radius 1 is 1.38 bits per heavy atom. The van der Waals surface area contributed by atoms with E-state index in [1.165, 1.54) is 6.07 Å². The molecule has 0 saturated carbocycles. The van der Waals surface area contributed by atoms with Gasteiger partial charge in [0.05, 0.1) is 24.5 Å². The Bertz CT molecular complexity index is 881. The van der Waals surface area contributed by atoms with E-state index in [4.69, 9.17) is 9.26 Å². The number of ether oxygens (including phenoxy) is 1. The van der Waals surface area contributed by atoms with Crippen LogP contribution in [-0.4, -0.2) is 56.8 Å². The summed E-state index contributed by atoms with van der Waals surface area (Å²) in [4.78, 5) is 6.62. The molecule has 136 valence electrons. The molecular weight excluding hydrogens is 339 g/mol. The summed E-state index contributed by atoms with van der Waals surface area (Å²) in [5.74, 6) is 0.858. The van der Waals surface area contributed by atoms with Gasteiger partial charge in [-0.05, 0) is 30.7 Å². The number of nitrogens with zero attached hydrogens (tertiary/aromatic N) is 5. The van der Waals surface area contributed by atoms with Crippen molar-refractivity contribution in [3.05, 3.63) is 47.4 Å². The maximum atomic E-state index is 13.4. The van der Waals surface area contributed by atoms with Gasteiger partial charge in [-0.25, -0.2) is 4.39 Å². The van der Waals surface area contributed by atoms with Crippen LogP contribution in [0.1, 0.15) is 23.1 Å². The highest BCUT2D eigenvalue weighted by Crippen LogP contribution is 2.29. The number of methoxy groups -OCH3 is 1. The van der Waals surface area contributed by atoms with E-state index in [0.29, 0.717) is 23.8 Å². The Balaban J connectivity index is 1.46. The first-order valence-corrected chi connectivity index (χ1v) is 8.34. The fourth-order valence-electron chi connectivity index (χ4n) is 3.30. The first-order chi connectivity index (χ1) is 12.6. The van der Waals surface area contributed by atoms with Gasteiger partial charge in [0, 0.05) is 31.7 Å². The molecule has 3 heterocycles. The van der Waals surface area contributed by atoms with E-state index in [2.05, 4.69) is 30.5 Å². The summed E-state index contributed by atoms with van der Waals surface area (Å²) in [7, 11) is 1.70. The molecule has 0 bridgehead atoms. The molecule has 26 heavy (non-hydrogen) atoms. The summed E-state index contributed by atoms with van der Waals surface area (Å²) in [6, 6.07) is 4.77. The highest BCUT2D eigenvalue weighted by molar-refractivity contribution is 5.55. The van der Waals surface area contributed by atoms with Crippen molar-refractivity contribution in [3.8, 4) is 11.4 Å².